The quantitative estimate of drug-likeness (QED) is 0.0849. The molecule has 0 aliphatic heterocycles. The number of hydrogen-bond donors (Lipinski definition) is 1. The van der Waals surface area contributed by atoms with Crippen molar-refractivity contribution >= 4 is 12.0 Å². The molecule has 0 unspecified atom stereocenters. The van der Waals surface area contributed by atoms with Crippen molar-refractivity contribution < 1.29 is 67.1 Å². The van der Waals surface area contributed by atoms with Crippen molar-refractivity contribution in [2.24, 2.45) is 19.3 Å². The number of pyridine rings is 2. The van der Waals surface area contributed by atoms with E-state index in [-0.39, 0.29) is 53.7 Å². The summed E-state index contributed by atoms with van der Waals surface area (Å²) in [6.45, 7) is 0. The fraction of sp³-hybridized carbons (Fsp3) is 0.100. The van der Waals surface area contributed by atoms with Crippen LogP contribution in [0.5, 0.6) is 0 Å². The van der Waals surface area contributed by atoms with Crippen LogP contribution >= 0.6 is 0 Å². The van der Waals surface area contributed by atoms with Gasteiger partial charge < -0.3 is 53.2 Å². The summed E-state index contributed by atoms with van der Waals surface area (Å²) in [5, 5.41) is 11.1. The molecule has 0 aliphatic rings. The van der Waals surface area contributed by atoms with Crippen LogP contribution in [0.2, 0.25) is 0 Å². The molecule has 0 radical (unpaired) electrons. The number of carbonyl (C=O) groups excluding carboxylic acids is 1. The maximum absolute atomic E-state index is 11.9. The number of aryl methyl sites for hydroxylation is 2. The molecule has 0 atom stereocenters. The van der Waals surface area contributed by atoms with Crippen LogP contribution in [-0.4, -0.2) is 17.2 Å². The Hall–Kier alpha value is -1.88. The van der Waals surface area contributed by atoms with Gasteiger partial charge in [0.25, 0.3) is 0 Å². The van der Waals surface area contributed by atoms with Crippen LogP contribution in [-0.2, 0) is 14.1 Å². The van der Waals surface area contributed by atoms with Crippen molar-refractivity contribution in [1.82, 2.24) is 0 Å². The van der Waals surface area contributed by atoms with Crippen LogP contribution in [0.3, 0.4) is 0 Å². The van der Waals surface area contributed by atoms with E-state index in [1.807, 2.05) is 102 Å². The SMILES string of the molecule is C[n+]1ccc(C(=O)c2ccccc2)cc1.C[n+]1ccccc1C=NO.[I-].[I-]. The number of hydrogen-bond acceptors (Lipinski definition) is 3. The van der Waals surface area contributed by atoms with Gasteiger partial charge in [0.1, 0.15) is 20.3 Å². The number of rotatable bonds is 3. The van der Waals surface area contributed by atoms with Gasteiger partial charge in [-0.25, -0.2) is 9.13 Å². The van der Waals surface area contributed by atoms with Crippen molar-refractivity contribution in [3.05, 3.63) is 96.1 Å². The van der Waals surface area contributed by atoms with Gasteiger partial charge in [0.05, 0.1) is 0 Å². The molecule has 2 heterocycles. The summed E-state index contributed by atoms with van der Waals surface area (Å²) < 4.78 is 3.77. The summed E-state index contributed by atoms with van der Waals surface area (Å²) >= 11 is 0. The molecule has 1 aromatic carbocycles. The minimum Gasteiger partial charge on any atom is -1.00 e. The lowest BCUT2D eigenvalue weighted by molar-refractivity contribution is -0.672. The smallest absolute Gasteiger partial charge is 0.226 e. The normalized spacial score (nSPS) is 9.41. The summed E-state index contributed by atoms with van der Waals surface area (Å²) in [4.78, 5) is 11.9. The summed E-state index contributed by atoms with van der Waals surface area (Å²) in [5.41, 5.74) is 2.32. The van der Waals surface area contributed by atoms with Gasteiger partial charge in [0.15, 0.2) is 24.4 Å². The van der Waals surface area contributed by atoms with Gasteiger partial charge in [-0.15, -0.1) is 0 Å². The van der Waals surface area contributed by atoms with E-state index >= 15 is 0 Å². The van der Waals surface area contributed by atoms with Crippen LogP contribution < -0.4 is 57.1 Å². The molecule has 3 aromatic rings. The third-order valence-corrected chi connectivity index (χ3v) is 3.56. The zero-order chi connectivity index (χ0) is 18.1. The van der Waals surface area contributed by atoms with Crippen LogP contribution in [0.25, 0.3) is 0 Å². The third kappa shape index (κ3) is 8.12. The molecular formula is C20H21I2N3O2. The van der Waals surface area contributed by atoms with Gasteiger partial charge in [0, 0.05) is 35.4 Å². The molecule has 142 valence electrons. The second-order valence-corrected chi connectivity index (χ2v) is 5.43. The summed E-state index contributed by atoms with van der Waals surface area (Å²) in [6, 6.07) is 18.6. The number of carbonyl (C=O) groups is 1. The van der Waals surface area contributed by atoms with Crippen LogP contribution in [0, 0.1) is 0 Å². The molecule has 7 heteroatoms. The second-order valence-electron chi connectivity index (χ2n) is 5.43. The Morgan fingerprint density at radius 1 is 0.852 bits per heavy atom. The molecular weight excluding hydrogens is 568 g/mol. The van der Waals surface area contributed by atoms with Crippen molar-refractivity contribution in [3.8, 4) is 0 Å². The predicted octanol–water partition coefficient (Wildman–Crippen LogP) is -3.93. The molecule has 27 heavy (non-hydrogen) atoms. The molecule has 3 rings (SSSR count). The zero-order valence-corrected chi connectivity index (χ0v) is 19.4. The van der Waals surface area contributed by atoms with E-state index in [1.165, 1.54) is 6.21 Å². The van der Waals surface area contributed by atoms with Gasteiger partial charge in [-0.05, 0) is 6.07 Å². The topological polar surface area (TPSA) is 57.4 Å². The molecule has 5 nitrogen and oxygen atoms in total. The lowest BCUT2D eigenvalue weighted by atomic mass is 10.1. The highest BCUT2D eigenvalue weighted by molar-refractivity contribution is 6.08. The van der Waals surface area contributed by atoms with E-state index in [9.17, 15) is 4.79 Å². The largest absolute Gasteiger partial charge is 1.00 e. The fourth-order valence-electron chi connectivity index (χ4n) is 2.14. The first-order chi connectivity index (χ1) is 12.1. The highest BCUT2D eigenvalue weighted by Gasteiger charge is 2.08. The summed E-state index contributed by atoms with van der Waals surface area (Å²) in [7, 11) is 3.81. The Balaban J connectivity index is 0.000000500. The van der Waals surface area contributed by atoms with E-state index in [0.717, 1.165) is 16.8 Å². The second kappa shape index (κ2) is 13.3. The van der Waals surface area contributed by atoms with E-state index in [4.69, 9.17) is 5.21 Å². The highest BCUT2D eigenvalue weighted by atomic mass is 127. The molecule has 0 aliphatic carbocycles. The number of nitrogens with zero attached hydrogens (tertiary/aromatic N) is 3. The zero-order valence-electron chi connectivity index (χ0n) is 15.0. The Morgan fingerprint density at radius 2 is 1.41 bits per heavy atom. The van der Waals surface area contributed by atoms with Crippen LogP contribution in [0.15, 0.2) is 84.4 Å². The van der Waals surface area contributed by atoms with E-state index in [1.54, 1.807) is 0 Å². The third-order valence-electron chi connectivity index (χ3n) is 3.56. The molecule has 2 aromatic heterocycles. The molecule has 0 bridgehead atoms. The number of aromatic nitrogens is 2. The van der Waals surface area contributed by atoms with Crippen molar-refractivity contribution in [1.29, 1.82) is 0 Å². The first-order valence-corrected chi connectivity index (χ1v) is 7.79. The molecule has 0 spiro atoms. The number of ketones is 1. The Kier molecular flexibility index (Phi) is 12.4. The first kappa shape index (κ1) is 25.1. The lowest BCUT2D eigenvalue weighted by Gasteiger charge is -1.98. The molecule has 0 saturated heterocycles. The maximum Gasteiger partial charge on any atom is 0.226 e. The molecule has 1 N–H and O–H groups in total. The Labute approximate surface area is 193 Å². The molecule has 0 amide bonds. The Bertz CT molecular complexity index is 855. The van der Waals surface area contributed by atoms with Gasteiger partial charge in [0.2, 0.25) is 5.69 Å². The summed E-state index contributed by atoms with van der Waals surface area (Å²) in [5.74, 6) is 0.0659. The molecule has 0 saturated carbocycles. The van der Waals surface area contributed by atoms with Crippen molar-refractivity contribution in [2.45, 2.75) is 0 Å². The van der Waals surface area contributed by atoms with Crippen LogP contribution in [0.4, 0.5) is 0 Å². The van der Waals surface area contributed by atoms with Crippen LogP contribution in [0.1, 0.15) is 21.6 Å². The summed E-state index contributed by atoms with van der Waals surface area (Å²) in [6.07, 6.45) is 7.02. The first-order valence-electron chi connectivity index (χ1n) is 7.79. The number of halogens is 2. The van der Waals surface area contributed by atoms with E-state index < -0.39 is 0 Å². The van der Waals surface area contributed by atoms with Gasteiger partial charge in [-0.1, -0.05) is 35.5 Å². The number of oxime groups is 1. The minimum atomic E-state index is 0. The lowest BCUT2D eigenvalue weighted by Crippen LogP contribution is -3.00. The fourth-order valence-corrected chi connectivity index (χ4v) is 2.14. The van der Waals surface area contributed by atoms with Gasteiger partial charge >= 0.3 is 0 Å². The highest BCUT2D eigenvalue weighted by Crippen LogP contribution is 2.07. The monoisotopic (exact) mass is 589 g/mol. The van der Waals surface area contributed by atoms with Crippen molar-refractivity contribution in [3.63, 3.8) is 0 Å². The Morgan fingerprint density at radius 3 is 1.96 bits per heavy atom. The van der Waals surface area contributed by atoms with E-state index in [0.29, 0.717) is 0 Å². The minimum absolute atomic E-state index is 0. The van der Waals surface area contributed by atoms with Gasteiger partial charge in [-0.2, -0.15) is 0 Å². The average molecular weight is 589 g/mol. The predicted molar refractivity (Wildman–Crippen MR) is 94.5 cm³/mol. The number of benzene rings is 1. The van der Waals surface area contributed by atoms with E-state index in [2.05, 4.69) is 5.16 Å². The van der Waals surface area contributed by atoms with Gasteiger partial charge in [-0.3, -0.25) is 4.79 Å². The average Bonchev–Trinajstić information content (AvgIpc) is 2.65. The maximum atomic E-state index is 11.9. The molecule has 0 fully saturated rings. The van der Waals surface area contributed by atoms with Crippen molar-refractivity contribution in [2.75, 3.05) is 0 Å². The standard InChI is InChI=1S/C13H12NO.C7H8N2O.2HI/c1-14-9-7-12(8-10-14)13(15)11-5-3-2-4-6-11;1-9-5-3-2-4-7(9)6-8-10;;/h2-10H,1H3;2-6H,1H3;2*1H/q+1;;;/p-1.